The van der Waals surface area contributed by atoms with E-state index in [-0.39, 0.29) is 0 Å². The van der Waals surface area contributed by atoms with Crippen molar-refractivity contribution in [2.75, 3.05) is 19.6 Å². The van der Waals surface area contributed by atoms with Crippen LogP contribution in [0.4, 0.5) is 0 Å². The molecule has 0 aromatic carbocycles. The van der Waals surface area contributed by atoms with E-state index in [0.717, 1.165) is 0 Å². The van der Waals surface area contributed by atoms with E-state index in [1.165, 1.54) is 64.6 Å². The minimum atomic E-state index is 0.306. The maximum absolute atomic E-state index is 6.16. The zero-order valence-electron chi connectivity index (χ0n) is 12.2. The predicted molar refractivity (Wildman–Crippen MR) is 76.2 cm³/mol. The third kappa shape index (κ3) is 5.39. The van der Waals surface area contributed by atoms with Gasteiger partial charge in [-0.2, -0.15) is 0 Å². The highest BCUT2D eigenvalue weighted by molar-refractivity contribution is 4.89. The average molecular weight is 240 g/mol. The summed E-state index contributed by atoms with van der Waals surface area (Å²) in [6, 6.07) is 0.392. The highest BCUT2D eigenvalue weighted by Gasteiger charge is 2.32. The number of hydrogen-bond acceptors (Lipinski definition) is 2. The van der Waals surface area contributed by atoms with Crippen LogP contribution in [0, 0.1) is 5.41 Å². The Kier molecular flexibility index (Phi) is 6.50. The molecule has 0 amide bonds. The van der Waals surface area contributed by atoms with Gasteiger partial charge < -0.3 is 10.6 Å². The molecule has 1 unspecified atom stereocenters. The second kappa shape index (κ2) is 7.38. The number of unbranched alkanes of at least 4 members (excludes halogenated alkanes) is 5. The molecule has 0 aliphatic carbocycles. The number of likely N-dealkylation sites (tertiary alicyclic amines) is 1. The summed E-state index contributed by atoms with van der Waals surface area (Å²) in [4.78, 5) is 2.61. The molecule has 1 aliphatic heterocycles. The first-order valence-corrected chi connectivity index (χ1v) is 7.54. The molecule has 0 aromatic rings. The van der Waals surface area contributed by atoms with E-state index in [0.29, 0.717) is 11.5 Å². The van der Waals surface area contributed by atoms with E-state index < -0.39 is 0 Å². The number of piperidine rings is 1. The molecule has 0 aromatic heterocycles. The summed E-state index contributed by atoms with van der Waals surface area (Å²) in [5.41, 5.74) is 6.46. The molecule has 1 aliphatic rings. The van der Waals surface area contributed by atoms with Crippen molar-refractivity contribution in [3.8, 4) is 0 Å². The van der Waals surface area contributed by atoms with E-state index in [2.05, 4.69) is 25.7 Å². The standard InChI is InChI=1S/C15H32N2/c1-4-5-6-7-8-9-11-17-12-10-14(16)15(2,3)13-17/h14H,4-13,16H2,1-3H3. The van der Waals surface area contributed by atoms with Crippen LogP contribution in [0.25, 0.3) is 0 Å². The highest BCUT2D eigenvalue weighted by atomic mass is 15.1. The van der Waals surface area contributed by atoms with Gasteiger partial charge in [-0.3, -0.25) is 0 Å². The fourth-order valence-corrected chi connectivity index (χ4v) is 2.79. The molecule has 1 fully saturated rings. The van der Waals surface area contributed by atoms with Crippen LogP contribution in [0.3, 0.4) is 0 Å². The van der Waals surface area contributed by atoms with Gasteiger partial charge in [0.05, 0.1) is 0 Å². The second-order valence-electron chi connectivity index (χ2n) is 6.43. The lowest BCUT2D eigenvalue weighted by Crippen LogP contribution is -2.52. The van der Waals surface area contributed by atoms with E-state index in [1.807, 2.05) is 0 Å². The monoisotopic (exact) mass is 240 g/mol. The van der Waals surface area contributed by atoms with E-state index in [4.69, 9.17) is 5.73 Å². The van der Waals surface area contributed by atoms with Crippen molar-refractivity contribution < 1.29 is 0 Å². The van der Waals surface area contributed by atoms with Crippen molar-refractivity contribution in [3.05, 3.63) is 0 Å². The number of nitrogens with two attached hydrogens (primary N) is 1. The number of hydrogen-bond donors (Lipinski definition) is 1. The van der Waals surface area contributed by atoms with Gasteiger partial charge in [-0.05, 0) is 31.3 Å². The van der Waals surface area contributed by atoms with E-state index in [9.17, 15) is 0 Å². The van der Waals surface area contributed by atoms with E-state index >= 15 is 0 Å². The fourth-order valence-electron chi connectivity index (χ4n) is 2.79. The maximum Gasteiger partial charge on any atom is 0.0115 e. The molecule has 0 spiro atoms. The lowest BCUT2D eigenvalue weighted by atomic mass is 9.79. The molecule has 2 N–H and O–H groups in total. The summed E-state index contributed by atoms with van der Waals surface area (Å²) in [5.74, 6) is 0. The largest absolute Gasteiger partial charge is 0.327 e. The van der Waals surface area contributed by atoms with Crippen LogP contribution in [0.2, 0.25) is 0 Å². The lowest BCUT2D eigenvalue weighted by Gasteiger charge is -2.42. The van der Waals surface area contributed by atoms with Gasteiger partial charge in [-0.1, -0.05) is 52.9 Å². The number of nitrogens with zero attached hydrogens (tertiary/aromatic N) is 1. The minimum Gasteiger partial charge on any atom is -0.327 e. The first-order chi connectivity index (χ1) is 8.06. The van der Waals surface area contributed by atoms with Gasteiger partial charge in [0, 0.05) is 12.6 Å². The van der Waals surface area contributed by atoms with Gasteiger partial charge in [0.2, 0.25) is 0 Å². The van der Waals surface area contributed by atoms with Crippen molar-refractivity contribution in [2.24, 2.45) is 11.1 Å². The molecule has 0 radical (unpaired) electrons. The summed E-state index contributed by atoms with van der Waals surface area (Å²) in [6.07, 6.45) is 9.54. The molecule has 2 heteroatoms. The first-order valence-electron chi connectivity index (χ1n) is 7.54. The second-order valence-corrected chi connectivity index (χ2v) is 6.43. The third-order valence-corrected chi connectivity index (χ3v) is 4.22. The zero-order chi connectivity index (χ0) is 12.7. The smallest absolute Gasteiger partial charge is 0.0115 e. The first kappa shape index (κ1) is 15.0. The molecular formula is C15H32N2. The van der Waals surface area contributed by atoms with Crippen molar-refractivity contribution in [1.82, 2.24) is 4.90 Å². The van der Waals surface area contributed by atoms with Crippen LogP contribution in [-0.4, -0.2) is 30.6 Å². The van der Waals surface area contributed by atoms with Crippen molar-refractivity contribution >= 4 is 0 Å². The van der Waals surface area contributed by atoms with Crippen LogP contribution < -0.4 is 5.73 Å². The average Bonchev–Trinajstić information content (AvgIpc) is 2.28. The molecule has 102 valence electrons. The lowest BCUT2D eigenvalue weighted by molar-refractivity contribution is 0.0939. The molecular weight excluding hydrogens is 208 g/mol. The van der Waals surface area contributed by atoms with Gasteiger partial charge in [0.1, 0.15) is 0 Å². The maximum atomic E-state index is 6.16. The van der Waals surface area contributed by atoms with Crippen LogP contribution in [0.5, 0.6) is 0 Å². The minimum absolute atomic E-state index is 0.306. The summed E-state index contributed by atoms with van der Waals surface area (Å²) < 4.78 is 0. The van der Waals surface area contributed by atoms with Crippen LogP contribution in [0.15, 0.2) is 0 Å². The summed E-state index contributed by atoms with van der Waals surface area (Å²) in [7, 11) is 0. The summed E-state index contributed by atoms with van der Waals surface area (Å²) in [6.45, 7) is 10.6. The summed E-state index contributed by atoms with van der Waals surface area (Å²) >= 11 is 0. The quantitative estimate of drug-likeness (QED) is 0.691. The van der Waals surface area contributed by atoms with Crippen molar-refractivity contribution in [2.45, 2.75) is 71.8 Å². The van der Waals surface area contributed by atoms with Crippen molar-refractivity contribution in [1.29, 1.82) is 0 Å². The Morgan fingerprint density at radius 2 is 1.76 bits per heavy atom. The Labute approximate surface area is 108 Å². The highest BCUT2D eigenvalue weighted by Crippen LogP contribution is 2.27. The SMILES string of the molecule is CCCCCCCCN1CCC(N)C(C)(C)C1. The van der Waals surface area contributed by atoms with Crippen LogP contribution >= 0.6 is 0 Å². The fraction of sp³-hybridized carbons (Fsp3) is 1.00. The molecule has 2 nitrogen and oxygen atoms in total. The Balaban J connectivity index is 2.08. The van der Waals surface area contributed by atoms with Crippen molar-refractivity contribution in [3.63, 3.8) is 0 Å². The topological polar surface area (TPSA) is 29.3 Å². The van der Waals surface area contributed by atoms with E-state index in [1.54, 1.807) is 0 Å². The van der Waals surface area contributed by atoms with Crippen LogP contribution in [0.1, 0.15) is 65.7 Å². The van der Waals surface area contributed by atoms with Gasteiger partial charge in [0.15, 0.2) is 0 Å². The normalized spacial score (nSPS) is 25.1. The molecule has 1 atom stereocenters. The van der Waals surface area contributed by atoms with Gasteiger partial charge in [-0.25, -0.2) is 0 Å². The summed E-state index contributed by atoms with van der Waals surface area (Å²) in [5, 5.41) is 0. The Morgan fingerprint density at radius 3 is 2.41 bits per heavy atom. The molecule has 1 rings (SSSR count). The Bertz CT molecular complexity index is 201. The van der Waals surface area contributed by atoms with Crippen LogP contribution in [-0.2, 0) is 0 Å². The molecule has 1 saturated heterocycles. The third-order valence-electron chi connectivity index (χ3n) is 4.22. The molecule has 1 heterocycles. The van der Waals surface area contributed by atoms with Gasteiger partial charge in [-0.15, -0.1) is 0 Å². The molecule has 17 heavy (non-hydrogen) atoms. The number of rotatable bonds is 7. The molecule has 0 bridgehead atoms. The Morgan fingerprint density at radius 1 is 1.12 bits per heavy atom. The molecule has 0 saturated carbocycles. The van der Waals surface area contributed by atoms with Gasteiger partial charge in [0.25, 0.3) is 0 Å². The predicted octanol–water partition coefficient (Wildman–Crippen LogP) is 3.41. The van der Waals surface area contributed by atoms with Gasteiger partial charge >= 0.3 is 0 Å². The zero-order valence-corrected chi connectivity index (χ0v) is 12.2. The Hall–Kier alpha value is -0.0800.